The number of carbonyl (C=O) groups excluding carboxylic acids is 1. The number of nitrogens with one attached hydrogen (secondary N) is 2. The Morgan fingerprint density at radius 2 is 1.93 bits per heavy atom. The second-order valence-electron chi connectivity index (χ2n) is 6.29. The monoisotopic (exact) mass is 383 g/mol. The molecule has 2 N–H and O–H groups in total. The normalized spacial score (nSPS) is 11.3. The molecule has 0 aliphatic rings. The lowest BCUT2D eigenvalue weighted by atomic mass is 10.1. The minimum Gasteiger partial charge on any atom is -0.321 e. The van der Waals surface area contributed by atoms with Crippen LogP contribution in [0.15, 0.2) is 54.7 Å². The first-order valence-electron chi connectivity index (χ1n) is 8.66. The molecular formula is C20H21N3O3S. The van der Waals surface area contributed by atoms with E-state index in [9.17, 15) is 13.2 Å². The van der Waals surface area contributed by atoms with Crippen LogP contribution in [0.1, 0.15) is 29.3 Å². The van der Waals surface area contributed by atoms with Crippen molar-refractivity contribution in [2.75, 3.05) is 15.8 Å². The predicted octanol–water partition coefficient (Wildman–Crippen LogP) is 3.95. The van der Waals surface area contributed by atoms with Crippen LogP contribution in [-0.4, -0.2) is 25.1 Å². The molecule has 0 aliphatic carbocycles. The minimum atomic E-state index is -3.41. The Hall–Kier alpha value is -2.93. The summed E-state index contributed by atoms with van der Waals surface area (Å²) in [5, 5.41) is 3.74. The molecule has 7 heteroatoms. The van der Waals surface area contributed by atoms with Crippen molar-refractivity contribution in [3.8, 4) is 0 Å². The first-order chi connectivity index (χ1) is 12.9. The lowest BCUT2D eigenvalue weighted by Gasteiger charge is -2.11. The number of anilines is 2. The van der Waals surface area contributed by atoms with Gasteiger partial charge in [-0.25, -0.2) is 8.42 Å². The van der Waals surface area contributed by atoms with E-state index in [4.69, 9.17) is 0 Å². The smallest absolute Gasteiger partial charge is 0.255 e. The summed E-state index contributed by atoms with van der Waals surface area (Å²) in [4.78, 5) is 17.0. The molecule has 0 fully saturated rings. The van der Waals surface area contributed by atoms with Crippen LogP contribution in [-0.2, 0) is 10.0 Å². The quantitative estimate of drug-likeness (QED) is 0.675. The molecular weight excluding hydrogens is 362 g/mol. The number of nitrogens with zero attached hydrogens (tertiary/aromatic N) is 1. The standard InChI is InChI=1S/C20H21N3O3S/c1-3-12-27(25,26)23-16-7-4-6-15(13-16)20(24)22-18-10-9-14(2)19-17(18)8-5-11-21-19/h4-11,13,23H,3,12H2,1-2H3,(H,22,24). The van der Waals surface area contributed by atoms with Crippen molar-refractivity contribution >= 4 is 38.2 Å². The number of aryl methyl sites for hydroxylation is 1. The topological polar surface area (TPSA) is 88.2 Å². The molecule has 0 radical (unpaired) electrons. The molecule has 0 unspecified atom stereocenters. The highest BCUT2D eigenvalue weighted by Crippen LogP contribution is 2.25. The molecule has 0 saturated heterocycles. The number of amides is 1. The maximum Gasteiger partial charge on any atom is 0.255 e. The number of hydrogen-bond donors (Lipinski definition) is 2. The Kier molecular flexibility index (Phi) is 5.41. The van der Waals surface area contributed by atoms with Gasteiger partial charge in [-0.3, -0.25) is 14.5 Å². The number of carbonyl (C=O) groups is 1. The fourth-order valence-corrected chi connectivity index (χ4v) is 3.97. The third-order valence-electron chi connectivity index (χ3n) is 4.09. The summed E-state index contributed by atoms with van der Waals surface area (Å²) >= 11 is 0. The zero-order valence-electron chi connectivity index (χ0n) is 15.2. The van der Waals surface area contributed by atoms with Crippen LogP contribution in [0.3, 0.4) is 0 Å². The van der Waals surface area contributed by atoms with Gasteiger partial charge in [-0.2, -0.15) is 0 Å². The number of pyridine rings is 1. The van der Waals surface area contributed by atoms with Crippen LogP contribution in [0.2, 0.25) is 0 Å². The second kappa shape index (κ2) is 7.75. The molecule has 1 amide bonds. The van der Waals surface area contributed by atoms with Crippen molar-refractivity contribution in [3.63, 3.8) is 0 Å². The zero-order chi connectivity index (χ0) is 19.4. The van der Waals surface area contributed by atoms with Crippen LogP contribution >= 0.6 is 0 Å². The third-order valence-corrected chi connectivity index (χ3v) is 5.58. The highest BCUT2D eigenvalue weighted by atomic mass is 32.2. The molecule has 3 rings (SSSR count). The average Bonchev–Trinajstić information content (AvgIpc) is 2.64. The van der Waals surface area contributed by atoms with Gasteiger partial charge in [0.15, 0.2) is 0 Å². The number of benzene rings is 2. The lowest BCUT2D eigenvalue weighted by Crippen LogP contribution is -2.17. The molecule has 27 heavy (non-hydrogen) atoms. The Balaban J connectivity index is 1.86. The van der Waals surface area contributed by atoms with Gasteiger partial charge >= 0.3 is 0 Å². The summed E-state index contributed by atoms with van der Waals surface area (Å²) in [6, 6.07) is 13.9. The van der Waals surface area contributed by atoms with E-state index in [0.29, 0.717) is 23.4 Å². The van der Waals surface area contributed by atoms with Gasteiger partial charge in [0.2, 0.25) is 10.0 Å². The average molecular weight is 383 g/mol. The van der Waals surface area contributed by atoms with E-state index in [0.717, 1.165) is 16.5 Å². The second-order valence-corrected chi connectivity index (χ2v) is 8.13. The summed E-state index contributed by atoms with van der Waals surface area (Å²) in [6.45, 7) is 3.76. The highest BCUT2D eigenvalue weighted by molar-refractivity contribution is 7.92. The summed E-state index contributed by atoms with van der Waals surface area (Å²) in [7, 11) is -3.41. The Morgan fingerprint density at radius 1 is 1.11 bits per heavy atom. The summed E-state index contributed by atoms with van der Waals surface area (Å²) in [5.41, 5.74) is 3.24. The van der Waals surface area contributed by atoms with E-state index in [1.165, 1.54) is 6.07 Å². The van der Waals surface area contributed by atoms with E-state index >= 15 is 0 Å². The number of rotatable bonds is 6. The van der Waals surface area contributed by atoms with Crippen molar-refractivity contribution in [1.82, 2.24) is 4.98 Å². The van der Waals surface area contributed by atoms with Crippen molar-refractivity contribution in [3.05, 3.63) is 65.9 Å². The van der Waals surface area contributed by atoms with Gasteiger partial charge in [-0.05, 0) is 55.3 Å². The summed E-state index contributed by atoms with van der Waals surface area (Å²) in [5.74, 6) is -0.285. The molecule has 1 heterocycles. The number of aromatic nitrogens is 1. The van der Waals surface area contributed by atoms with E-state index < -0.39 is 10.0 Å². The van der Waals surface area contributed by atoms with E-state index in [1.807, 2.05) is 31.2 Å². The molecule has 1 aromatic heterocycles. The van der Waals surface area contributed by atoms with Crippen LogP contribution < -0.4 is 10.0 Å². The van der Waals surface area contributed by atoms with E-state index in [-0.39, 0.29) is 11.7 Å². The van der Waals surface area contributed by atoms with Crippen molar-refractivity contribution in [2.45, 2.75) is 20.3 Å². The molecule has 3 aromatic rings. The van der Waals surface area contributed by atoms with Gasteiger partial charge in [-0.15, -0.1) is 0 Å². The van der Waals surface area contributed by atoms with Gasteiger partial charge in [0, 0.05) is 22.8 Å². The summed E-state index contributed by atoms with van der Waals surface area (Å²) < 4.78 is 26.4. The maximum atomic E-state index is 12.7. The van der Waals surface area contributed by atoms with Gasteiger partial charge < -0.3 is 5.32 Å². The number of sulfonamides is 1. The lowest BCUT2D eigenvalue weighted by molar-refractivity contribution is 0.102. The predicted molar refractivity (Wildman–Crippen MR) is 109 cm³/mol. The van der Waals surface area contributed by atoms with Crippen molar-refractivity contribution < 1.29 is 13.2 Å². The van der Waals surface area contributed by atoms with E-state index in [1.54, 1.807) is 31.3 Å². The Bertz CT molecular complexity index is 1090. The molecule has 2 aromatic carbocycles. The summed E-state index contributed by atoms with van der Waals surface area (Å²) in [6.07, 6.45) is 2.23. The Morgan fingerprint density at radius 3 is 2.70 bits per heavy atom. The van der Waals surface area contributed by atoms with Crippen LogP contribution in [0, 0.1) is 6.92 Å². The van der Waals surface area contributed by atoms with Crippen molar-refractivity contribution in [1.29, 1.82) is 0 Å². The zero-order valence-corrected chi connectivity index (χ0v) is 16.0. The van der Waals surface area contributed by atoms with Crippen LogP contribution in [0.25, 0.3) is 10.9 Å². The SMILES string of the molecule is CCCS(=O)(=O)Nc1cccc(C(=O)Nc2ccc(C)c3ncccc23)c1. The minimum absolute atomic E-state index is 0.0335. The Labute approximate surface area is 158 Å². The first kappa shape index (κ1) is 18.8. The molecule has 0 aliphatic heterocycles. The van der Waals surface area contributed by atoms with Gasteiger partial charge in [0.05, 0.1) is 17.0 Å². The largest absolute Gasteiger partial charge is 0.321 e. The number of hydrogen-bond acceptors (Lipinski definition) is 4. The molecule has 0 atom stereocenters. The fraction of sp³-hybridized carbons (Fsp3) is 0.200. The van der Waals surface area contributed by atoms with Crippen LogP contribution in [0.5, 0.6) is 0 Å². The molecule has 140 valence electrons. The fourth-order valence-electron chi connectivity index (χ4n) is 2.84. The molecule has 0 bridgehead atoms. The molecule has 0 spiro atoms. The maximum absolute atomic E-state index is 12.7. The van der Waals surface area contributed by atoms with Crippen molar-refractivity contribution in [2.24, 2.45) is 0 Å². The van der Waals surface area contributed by atoms with Gasteiger partial charge in [0.25, 0.3) is 5.91 Å². The van der Waals surface area contributed by atoms with Gasteiger partial charge in [0.1, 0.15) is 0 Å². The van der Waals surface area contributed by atoms with Crippen LogP contribution in [0.4, 0.5) is 11.4 Å². The van der Waals surface area contributed by atoms with Gasteiger partial charge in [-0.1, -0.05) is 19.1 Å². The number of fused-ring (bicyclic) bond motifs is 1. The molecule has 6 nitrogen and oxygen atoms in total. The van der Waals surface area contributed by atoms with E-state index in [2.05, 4.69) is 15.0 Å². The highest BCUT2D eigenvalue weighted by Gasteiger charge is 2.13. The first-order valence-corrected chi connectivity index (χ1v) is 10.3. The third kappa shape index (κ3) is 4.43. The molecule has 0 saturated carbocycles.